The van der Waals surface area contributed by atoms with E-state index in [1.807, 2.05) is 20.0 Å². The first-order valence-electron chi connectivity index (χ1n) is 8.69. The highest BCUT2D eigenvalue weighted by atomic mass is 19.1. The smallest absolute Gasteiger partial charge is 0.239 e. The second-order valence-electron chi connectivity index (χ2n) is 7.25. The van der Waals surface area contributed by atoms with Crippen LogP contribution in [0.2, 0.25) is 0 Å². The lowest BCUT2D eigenvalue weighted by atomic mass is 9.83. The molecule has 1 aliphatic rings. The Labute approximate surface area is 151 Å². The van der Waals surface area contributed by atoms with E-state index in [-0.39, 0.29) is 24.3 Å². The van der Waals surface area contributed by atoms with Gasteiger partial charge in [0.25, 0.3) is 0 Å². The van der Waals surface area contributed by atoms with Crippen molar-refractivity contribution in [3.8, 4) is 0 Å². The molecule has 138 valence electrons. The van der Waals surface area contributed by atoms with Crippen molar-refractivity contribution in [2.24, 2.45) is 5.73 Å². The Balaban J connectivity index is 1.79. The van der Waals surface area contributed by atoms with Crippen molar-refractivity contribution in [3.05, 3.63) is 53.1 Å². The first kappa shape index (κ1) is 18.1. The van der Waals surface area contributed by atoms with Crippen LogP contribution < -0.4 is 11.1 Å². The van der Waals surface area contributed by atoms with E-state index in [0.717, 1.165) is 36.1 Å². The average molecular weight is 358 g/mol. The molecule has 1 heterocycles. The fourth-order valence-corrected chi connectivity index (χ4v) is 3.31. The molecule has 0 spiro atoms. The maximum absolute atomic E-state index is 13.2. The third kappa shape index (κ3) is 3.61. The number of primary amides is 1. The highest BCUT2D eigenvalue weighted by Gasteiger charge is 2.33. The lowest BCUT2D eigenvalue weighted by Crippen LogP contribution is -2.42. The number of nitrogens with zero attached hydrogens (tertiary/aromatic N) is 2. The van der Waals surface area contributed by atoms with Crippen LogP contribution in [0.4, 0.5) is 4.39 Å². The third-order valence-electron chi connectivity index (χ3n) is 4.90. The zero-order chi connectivity index (χ0) is 18.9. The molecule has 2 amide bonds. The second kappa shape index (κ2) is 6.90. The van der Waals surface area contributed by atoms with Gasteiger partial charge in [0.15, 0.2) is 0 Å². The number of carbonyl (C=O) groups is 2. The van der Waals surface area contributed by atoms with Crippen molar-refractivity contribution in [1.82, 2.24) is 15.1 Å². The summed E-state index contributed by atoms with van der Waals surface area (Å²) in [4.78, 5) is 24.0. The van der Waals surface area contributed by atoms with Crippen LogP contribution in [0, 0.1) is 5.82 Å². The van der Waals surface area contributed by atoms with Crippen LogP contribution in [0.15, 0.2) is 30.5 Å². The molecule has 1 aromatic heterocycles. The van der Waals surface area contributed by atoms with Gasteiger partial charge in [0.1, 0.15) is 12.4 Å². The first-order valence-corrected chi connectivity index (χ1v) is 8.69. The molecule has 0 saturated carbocycles. The Bertz CT molecular complexity index is 827. The summed E-state index contributed by atoms with van der Waals surface area (Å²) < 4.78 is 14.7. The molecule has 1 aliphatic carbocycles. The summed E-state index contributed by atoms with van der Waals surface area (Å²) in [5.41, 5.74) is 6.99. The maximum atomic E-state index is 13.2. The number of nitrogens with one attached hydrogen (secondary N) is 1. The van der Waals surface area contributed by atoms with E-state index in [2.05, 4.69) is 10.4 Å². The van der Waals surface area contributed by atoms with Crippen LogP contribution in [0.3, 0.4) is 0 Å². The molecular formula is C19H23FN4O2. The summed E-state index contributed by atoms with van der Waals surface area (Å²) in [6.07, 6.45) is 4.40. The monoisotopic (exact) mass is 358 g/mol. The molecule has 26 heavy (non-hydrogen) atoms. The van der Waals surface area contributed by atoms with Crippen LogP contribution in [0.1, 0.15) is 49.6 Å². The number of hydrogen-bond acceptors (Lipinski definition) is 3. The molecule has 0 bridgehead atoms. The van der Waals surface area contributed by atoms with Crippen molar-refractivity contribution in [1.29, 1.82) is 0 Å². The van der Waals surface area contributed by atoms with Gasteiger partial charge in [0.2, 0.25) is 11.8 Å². The Morgan fingerprint density at radius 2 is 2.04 bits per heavy atom. The van der Waals surface area contributed by atoms with E-state index >= 15 is 0 Å². The standard InChI is InChI=1S/C19H23FN4O2/c1-19(2,13-6-8-14(20)9-7-13)18(26)22-15-5-3-4-12-10-24(11-16(21)25)23-17(12)15/h6-10,15H,3-5,11H2,1-2H3,(H2,21,25)(H,22,26)/t15-/m0/s1. The van der Waals surface area contributed by atoms with E-state index < -0.39 is 11.3 Å². The van der Waals surface area contributed by atoms with E-state index in [1.165, 1.54) is 16.8 Å². The molecule has 6 nitrogen and oxygen atoms in total. The number of hydrogen-bond donors (Lipinski definition) is 2. The fraction of sp³-hybridized carbons (Fsp3) is 0.421. The van der Waals surface area contributed by atoms with Gasteiger partial charge >= 0.3 is 0 Å². The third-order valence-corrected chi connectivity index (χ3v) is 4.90. The molecule has 3 N–H and O–H groups in total. The molecule has 0 radical (unpaired) electrons. The molecule has 2 aromatic rings. The molecular weight excluding hydrogens is 335 g/mol. The van der Waals surface area contributed by atoms with Gasteiger partial charge in [-0.05, 0) is 56.4 Å². The fourth-order valence-electron chi connectivity index (χ4n) is 3.31. The van der Waals surface area contributed by atoms with E-state index in [1.54, 1.807) is 12.1 Å². The summed E-state index contributed by atoms with van der Waals surface area (Å²) in [5, 5.41) is 7.51. The van der Waals surface area contributed by atoms with E-state index in [9.17, 15) is 14.0 Å². The van der Waals surface area contributed by atoms with Crippen molar-refractivity contribution in [2.75, 3.05) is 0 Å². The molecule has 0 saturated heterocycles. The molecule has 3 rings (SSSR count). The van der Waals surface area contributed by atoms with Crippen LogP contribution in [0.5, 0.6) is 0 Å². The van der Waals surface area contributed by atoms with Gasteiger partial charge in [-0.2, -0.15) is 5.10 Å². The number of aromatic nitrogens is 2. The Hall–Kier alpha value is -2.70. The largest absolute Gasteiger partial charge is 0.368 e. The number of nitrogens with two attached hydrogens (primary N) is 1. The number of amides is 2. The summed E-state index contributed by atoms with van der Waals surface area (Å²) in [7, 11) is 0. The zero-order valence-corrected chi connectivity index (χ0v) is 15.0. The van der Waals surface area contributed by atoms with Crippen LogP contribution in [0.25, 0.3) is 0 Å². The number of carbonyl (C=O) groups excluding carboxylic acids is 2. The van der Waals surface area contributed by atoms with Crippen LogP contribution in [-0.4, -0.2) is 21.6 Å². The summed E-state index contributed by atoms with van der Waals surface area (Å²) >= 11 is 0. The average Bonchev–Trinajstić information content (AvgIpc) is 2.97. The highest BCUT2D eigenvalue weighted by Crippen LogP contribution is 2.31. The van der Waals surface area contributed by atoms with E-state index in [4.69, 9.17) is 5.73 Å². The van der Waals surface area contributed by atoms with Crippen molar-refractivity contribution in [3.63, 3.8) is 0 Å². The van der Waals surface area contributed by atoms with Gasteiger partial charge in [0.05, 0.1) is 17.2 Å². The molecule has 0 fully saturated rings. The number of rotatable bonds is 5. The van der Waals surface area contributed by atoms with E-state index in [0.29, 0.717) is 0 Å². The molecule has 0 unspecified atom stereocenters. The normalized spacial score (nSPS) is 16.8. The maximum Gasteiger partial charge on any atom is 0.239 e. The number of fused-ring (bicyclic) bond motifs is 1. The SMILES string of the molecule is CC(C)(C(=O)N[C@H]1CCCc2cn(CC(N)=O)nc21)c1ccc(F)cc1. The quantitative estimate of drug-likeness (QED) is 0.856. The number of aryl methyl sites for hydroxylation is 1. The van der Waals surface area contributed by atoms with Crippen LogP contribution in [-0.2, 0) is 28.0 Å². The second-order valence-corrected chi connectivity index (χ2v) is 7.25. The summed E-state index contributed by atoms with van der Waals surface area (Å²) in [6, 6.07) is 5.76. The van der Waals surface area contributed by atoms with Gasteiger partial charge < -0.3 is 11.1 Å². The summed E-state index contributed by atoms with van der Waals surface area (Å²) in [6.45, 7) is 3.64. The van der Waals surface area contributed by atoms with Gasteiger partial charge in [-0.3, -0.25) is 14.3 Å². The molecule has 0 aliphatic heterocycles. The number of halogens is 1. The van der Waals surface area contributed by atoms with Crippen molar-refractivity contribution >= 4 is 11.8 Å². The van der Waals surface area contributed by atoms with Gasteiger partial charge in [-0.15, -0.1) is 0 Å². The summed E-state index contributed by atoms with van der Waals surface area (Å²) in [5.74, 6) is -0.934. The van der Waals surface area contributed by atoms with Gasteiger partial charge in [-0.25, -0.2) is 4.39 Å². The van der Waals surface area contributed by atoms with Crippen molar-refractivity contribution in [2.45, 2.75) is 51.1 Å². The topological polar surface area (TPSA) is 90.0 Å². The predicted octanol–water partition coefficient (Wildman–Crippen LogP) is 1.98. The minimum absolute atomic E-state index is 0.0226. The highest BCUT2D eigenvalue weighted by molar-refractivity contribution is 5.87. The molecule has 1 atom stereocenters. The van der Waals surface area contributed by atoms with Crippen molar-refractivity contribution < 1.29 is 14.0 Å². The number of benzene rings is 1. The lowest BCUT2D eigenvalue weighted by Gasteiger charge is -2.29. The zero-order valence-electron chi connectivity index (χ0n) is 15.0. The Kier molecular flexibility index (Phi) is 4.80. The molecule has 1 aromatic carbocycles. The first-order chi connectivity index (χ1) is 12.3. The van der Waals surface area contributed by atoms with Crippen LogP contribution >= 0.6 is 0 Å². The Morgan fingerprint density at radius 3 is 2.69 bits per heavy atom. The lowest BCUT2D eigenvalue weighted by molar-refractivity contribution is -0.126. The predicted molar refractivity (Wildman–Crippen MR) is 94.7 cm³/mol. The Morgan fingerprint density at radius 1 is 1.35 bits per heavy atom. The van der Waals surface area contributed by atoms with Gasteiger partial charge in [0, 0.05) is 6.20 Å². The van der Waals surface area contributed by atoms with Gasteiger partial charge in [-0.1, -0.05) is 12.1 Å². The minimum atomic E-state index is -0.804. The minimum Gasteiger partial charge on any atom is -0.368 e. The molecule has 7 heteroatoms.